The van der Waals surface area contributed by atoms with Gasteiger partial charge in [-0.25, -0.2) is 8.42 Å². The van der Waals surface area contributed by atoms with Crippen molar-refractivity contribution in [3.05, 3.63) is 35.2 Å². The van der Waals surface area contributed by atoms with Crippen molar-refractivity contribution in [2.75, 3.05) is 27.2 Å². The Bertz CT molecular complexity index is 703. The number of nitrogens with zero attached hydrogens (tertiary/aromatic N) is 2. The number of piperidine rings is 1. The summed E-state index contributed by atoms with van der Waals surface area (Å²) in [7, 11) is -0.846. The summed E-state index contributed by atoms with van der Waals surface area (Å²) < 4.78 is 34.5. The number of sulfonamides is 1. The molecule has 1 heterocycles. The minimum absolute atomic E-state index is 0.0380. The number of ether oxygens (including phenoxy) is 1. The first-order valence-corrected chi connectivity index (χ1v) is 9.95. The van der Waals surface area contributed by atoms with Crippen LogP contribution in [0.4, 0.5) is 0 Å². The molecule has 0 bridgehead atoms. The normalized spacial score (nSPS) is 19.1. The van der Waals surface area contributed by atoms with Gasteiger partial charge in [0.25, 0.3) is 0 Å². The Kier molecular flexibility index (Phi) is 6.55. The van der Waals surface area contributed by atoms with E-state index in [4.69, 9.17) is 4.74 Å². The second-order valence-corrected chi connectivity index (χ2v) is 8.78. The van der Waals surface area contributed by atoms with Gasteiger partial charge >= 0.3 is 5.97 Å². The standard InChI is InChI=1S/C15H21N3O5S2/c1-18-10-8-15(9-11-18,24-17-20)13(14(19)23-2)16-25(21,22)12-6-4-3-5-7-12/h3-7,13,16H,8-11H2,1-2H3. The van der Waals surface area contributed by atoms with Crippen molar-refractivity contribution in [1.29, 1.82) is 0 Å². The van der Waals surface area contributed by atoms with Gasteiger partial charge in [0.15, 0.2) is 0 Å². The van der Waals surface area contributed by atoms with Crippen LogP contribution in [0.3, 0.4) is 0 Å². The molecule has 1 aliphatic heterocycles. The number of rotatable bonds is 7. The molecule has 0 amide bonds. The average Bonchev–Trinajstić information content (AvgIpc) is 2.62. The number of esters is 1. The van der Waals surface area contributed by atoms with E-state index < -0.39 is 26.8 Å². The van der Waals surface area contributed by atoms with Crippen molar-refractivity contribution in [3.63, 3.8) is 0 Å². The molecule has 2 rings (SSSR count). The summed E-state index contributed by atoms with van der Waals surface area (Å²) in [5.74, 6) is -0.736. The van der Waals surface area contributed by atoms with E-state index in [0.717, 1.165) is 0 Å². The van der Waals surface area contributed by atoms with Crippen LogP contribution in [0.15, 0.2) is 39.8 Å². The number of hydrogen-bond donors (Lipinski definition) is 1. The minimum Gasteiger partial charge on any atom is -0.468 e. The lowest BCUT2D eigenvalue weighted by Crippen LogP contribution is -2.59. The van der Waals surface area contributed by atoms with Crippen LogP contribution in [0, 0.1) is 4.91 Å². The van der Waals surface area contributed by atoms with E-state index >= 15 is 0 Å². The molecule has 1 aromatic carbocycles. The molecule has 0 radical (unpaired) electrons. The molecule has 1 atom stereocenters. The molecule has 10 heteroatoms. The van der Waals surface area contributed by atoms with Gasteiger partial charge in [-0.3, -0.25) is 4.79 Å². The fourth-order valence-electron chi connectivity index (χ4n) is 2.81. The molecule has 8 nitrogen and oxygen atoms in total. The highest BCUT2D eigenvalue weighted by Gasteiger charge is 2.49. The molecule has 0 saturated carbocycles. The summed E-state index contributed by atoms with van der Waals surface area (Å²) in [4.78, 5) is 25.4. The van der Waals surface area contributed by atoms with E-state index in [-0.39, 0.29) is 4.90 Å². The van der Waals surface area contributed by atoms with Crippen LogP contribution in [0.5, 0.6) is 0 Å². The highest BCUT2D eigenvalue weighted by molar-refractivity contribution is 7.99. The minimum atomic E-state index is -3.96. The fraction of sp³-hybridized carbons (Fsp3) is 0.533. The third-order valence-corrected chi connectivity index (χ3v) is 6.86. The molecule has 0 aliphatic carbocycles. The molecule has 1 saturated heterocycles. The molecule has 1 aromatic rings. The van der Waals surface area contributed by atoms with Crippen molar-refractivity contribution < 1.29 is 17.9 Å². The molecule has 1 unspecified atom stereocenters. The highest BCUT2D eigenvalue weighted by Crippen LogP contribution is 2.40. The third kappa shape index (κ3) is 4.57. The maximum atomic E-state index is 12.7. The second-order valence-electron chi connectivity index (χ2n) is 5.92. The fourth-order valence-corrected chi connectivity index (χ4v) is 4.95. The lowest BCUT2D eigenvalue weighted by Gasteiger charge is -2.41. The average molecular weight is 387 g/mol. The quantitative estimate of drug-likeness (QED) is 0.428. The van der Waals surface area contributed by atoms with E-state index in [2.05, 4.69) is 9.30 Å². The maximum absolute atomic E-state index is 12.7. The lowest BCUT2D eigenvalue weighted by atomic mass is 9.89. The zero-order valence-corrected chi connectivity index (χ0v) is 15.7. The first-order valence-electron chi connectivity index (χ1n) is 7.69. The SMILES string of the molecule is COC(=O)C(NS(=O)(=O)c1ccccc1)C1(SN=O)CCN(C)CC1. The van der Waals surface area contributed by atoms with Crippen LogP contribution in [0.1, 0.15) is 12.8 Å². The Morgan fingerprint density at radius 2 is 1.92 bits per heavy atom. The first kappa shape index (κ1) is 19.8. The number of benzene rings is 1. The van der Waals surface area contributed by atoms with Gasteiger partial charge in [0.1, 0.15) is 6.04 Å². The summed E-state index contributed by atoms with van der Waals surface area (Å²) in [5, 5.41) is 0. The van der Waals surface area contributed by atoms with Crippen molar-refractivity contribution in [1.82, 2.24) is 9.62 Å². The van der Waals surface area contributed by atoms with Crippen LogP contribution in [-0.4, -0.2) is 57.3 Å². The summed E-state index contributed by atoms with van der Waals surface area (Å²) in [6, 6.07) is 6.54. The molecule has 1 fully saturated rings. The molecule has 138 valence electrons. The largest absolute Gasteiger partial charge is 0.468 e. The Morgan fingerprint density at radius 1 is 1.32 bits per heavy atom. The maximum Gasteiger partial charge on any atom is 0.325 e. The van der Waals surface area contributed by atoms with Crippen LogP contribution in [-0.2, 0) is 19.6 Å². The Balaban J connectivity index is 2.38. The summed E-state index contributed by atoms with van der Waals surface area (Å²) in [6.45, 7) is 1.23. The van der Waals surface area contributed by atoms with E-state index in [1.165, 1.54) is 19.2 Å². The molecular weight excluding hydrogens is 366 g/mol. The van der Waals surface area contributed by atoms with Gasteiger partial charge in [0, 0.05) is 16.5 Å². The van der Waals surface area contributed by atoms with Gasteiger partial charge in [-0.05, 0) is 45.1 Å². The van der Waals surface area contributed by atoms with Crippen molar-refractivity contribution in [2.24, 2.45) is 4.58 Å². The number of carbonyl (C=O) groups excluding carboxylic acids is 1. The van der Waals surface area contributed by atoms with Gasteiger partial charge in [0.2, 0.25) is 10.0 Å². The zero-order valence-electron chi connectivity index (χ0n) is 14.0. The van der Waals surface area contributed by atoms with E-state index in [1.807, 2.05) is 11.9 Å². The molecule has 1 N–H and O–H groups in total. The molecular formula is C15H21N3O5S2. The van der Waals surface area contributed by atoms with Crippen LogP contribution < -0.4 is 4.72 Å². The smallest absolute Gasteiger partial charge is 0.325 e. The first-order chi connectivity index (χ1) is 11.8. The lowest BCUT2D eigenvalue weighted by molar-refractivity contribution is -0.143. The van der Waals surface area contributed by atoms with Gasteiger partial charge in [-0.2, -0.15) is 4.72 Å². The summed E-state index contributed by atoms with van der Waals surface area (Å²) in [6.07, 6.45) is 0.855. The van der Waals surface area contributed by atoms with Crippen LogP contribution in [0.25, 0.3) is 0 Å². The molecule has 0 aromatic heterocycles. The number of hydrogen-bond acceptors (Lipinski definition) is 8. The topological polar surface area (TPSA) is 105 Å². The zero-order chi connectivity index (χ0) is 18.5. The van der Waals surface area contributed by atoms with Crippen molar-refractivity contribution >= 4 is 27.9 Å². The third-order valence-electron chi connectivity index (χ3n) is 4.34. The van der Waals surface area contributed by atoms with E-state index in [0.29, 0.717) is 37.9 Å². The number of nitroso groups, excluding NO2 is 1. The summed E-state index contributed by atoms with van der Waals surface area (Å²) >= 11 is 0.704. The van der Waals surface area contributed by atoms with Gasteiger partial charge in [-0.1, -0.05) is 18.2 Å². The predicted molar refractivity (Wildman–Crippen MR) is 95.4 cm³/mol. The number of methoxy groups -OCH3 is 1. The second kappa shape index (κ2) is 8.26. The molecule has 1 aliphatic rings. The predicted octanol–water partition coefficient (Wildman–Crippen LogP) is 1.39. The number of nitrogens with one attached hydrogen (secondary N) is 1. The van der Waals surface area contributed by atoms with Gasteiger partial charge in [-0.15, -0.1) is 4.91 Å². The van der Waals surface area contributed by atoms with Gasteiger partial charge in [0.05, 0.1) is 16.8 Å². The van der Waals surface area contributed by atoms with Gasteiger partial charge < -0.3 is 9.64 Å². The van der Waals surface area contributed by atoms with Crippen LogP contribution in [0.2, 0.25) is 0 Å². The van der Waals surface area contributed by atoms with E-state index in [9.17, 15) is 18.1 Å². The monoisotopic (exact) mass is 387 g/mol. The van der Waals surface area contributed by atoms with Crippen molar-refractivity contribution in [2.45, 2.75) is 28.5 Å². The molecule has 0 spiro atoms. The molecule has 25 heavy (non-hydrogen) atoms. The Labute approximate surface area is 151 Å². The summed E-state index contributed by atoms with van der Waals surface area (Å²) in [5.41, 5.74) is 0. The Hall–Kier alpha value is -1.49. The highest BCUT2D eigenvalue weighted by atomic mass is 32.2. The van der Waals surface area contributed by atoms with E-state index in [1.54, 1.807) is 18.2 Å². The number of likely N-dealkylation sites (tertiary alicyclic amines) is 1. The van der Waals surface area contributed by atoms with Crippen LogP contribution >= 0.6 is 11.9 Å². The van der Waals surface area contributed by atoms with Crippen molar-refractivity contribution in [3.8, 4) is 0 Å². The number of carbonyl (C=O) groups is 1. The Morgan fingerprint density at radius 3 is 2.44 bits per heavy atom.